The van der Waals surface area contributed by atoms with E-state index in [2.05, 4.69) is 5.32 Å². The van der Waals surface area contributed by atoms with Crippen LogP contribution in [0.2, 0.25) is 0 Å². The topological polar surface area (TPSA) is 110 Å². The smallest absolute Gasteiger partial charge is 0.271 e. The van der Waals surface area contributed by atoms with Gasteiger partial charge in [-0.1, -0.05) is 25.1 Å². The van der Waals surface area contributed by atoms with Gasteiger partial charge >= 0.3 is 0 Å². The number of carbonyl (C=O) groups excluding carboxylic acids is 1. The lowest BCUT2D eigenvalue weighted by Gasteiger charge is -2.30. The van der Waals surface area contributed by atoms with Gasteiger partial charge in [-0.15, -0.1) is 0 Å². The molecular weight excluding hydrogens is 394 g/mol. The number of non-ortho nitro benzene ring substituents is 1. The third-order valence-corrected chi connectivity index (χ3v) is 6.78. The quantitative estimate of drug-likeness (QED) is 0.420. The number of nitro groups is 1. The zero-order valence-electron chi connectivity index (χ0n) is 16.1. The maximum absolute atomic E-state index is 12.9. The summed E-state index contributed by atoms with van der Waals surface area (Å²) in [6, 6.07) is 11.9. The van der Waals surface area contributed by atoms with Crippen molar-refractivity contribution in [1.82, 2.24) is 4.31 Å². The molecule has 1 saturated heterocycles. The van der Waals surface area contributed by atoms with E-state index in [1.807, 2.05) is 6.92 Å². The van der Waals surface area contributed by atoms with E-state index in [-0.39, 0.29) is 28.5 Å². The largest absolute Gasteiger partial charge is 0.377 e. The molecule has 2 aromatic rings. The molecule has 1 heterocycles. The predicted octanol–water partition coefficient (Wildman–Crippen LogP) is 3.31. The van der Waals surface area contributed by atoms with Gasteiger partial charge in [-0.25, -0.2) is 8.42 Å². The van der Waals surface area contributed by atoms with Crippen LogP contribution in [-0.4, -0.2) is 43.1 Å². The molecule has 0 radical (unpaired) electrons. The third kappa shape index (κ3) is 4.99. The molecule has 2 aromatic carbocycles. The Morgan fingerprint density at radius 1 is 1.24 bits per heavy atom. The normalized spacial score (nSPS) is 17.6. The summed E-state index contributed by atoms with van der Waals surface area (Å²) in [6.07, 6.45) is 1.83. The molecule has 29 heavy (non-hydrogen) atoms. The lowest BCUT2D eigenvalue weighted by atomic mass is 10.0. The first-order valence-electron chi connectivity index (χ1n) is 9.39. The van der Waals surface area contributed by atoms with Crippen LogP contribution in [0.1, 0.15) is 30.1 Å². The van der Waals surface area contributed by atoms with E-state index in [0.29, 0.717) is 24.7 Å². The molecule has 0 bridgehead atoms. The number of benzene rings is 2. The van der Waals surface area contributed by atoms with Crippen molar-refractivity contribution >= 4 is 27.2 Å². The standard InChI is InChI=1S/C20H23N3O5S/c1-15-5-4-10-22(14-15)29(27,28)19-9-2-6-16(11-19)20(24)13-21-17-7-3-8-18(12-17)23(25)26/h2-3,6-9,11-12,15,21H,4-5,10,13-14H2,1H3. The Labute approximate surface area is 169 Å². The summed E-state index contributed by atoms with van der Waals surface area (Å²) in [6.45, 7) is 2.89. The van der Waals surface area contributed by atoms with Gasteiger partial charge in [0.2, 0.25) is 10.0 Å². The molecule has 1 N–H and O–H groups in total. The maximum atomic E-state index is 12.9. The summed E-state index contributed by atoms with van der Waals surface area (Å²) >= 11 is 0. The molecular formula is C20H23N3O5S. The highest BCUT2D eigenvalue weighted by Gasteiger charge is 2.29. The zero-order chi connectivity index (χ0) is 21.0. The molecule has 1 atom stereocenters. The van der Waals surface area contributed by atoms with E-state index >= 15 is 0 Å². The number of nitro benzene ring substituents is 1. The van der Waals surface area contributed by atoms with E-state index in [1.54, 1.807) is 18.2 Å². The van der Waals surface area contributed by atoms with E-state index in [4.69, 9.17) is 0 Å². The van der Waals surface area contributed by atoms with E-state index < -0.39 is 14.9 Å². The number of Topliss-reactive ketones (excluding diaryl/α,β-unsaturated/α-hetero) is 1. The van der Waals surface area contributed by atoms with E-state index in [0.717, 1.165) is 12.8 Å². The fourth-order valence-corrected chi connectivity index (χ4v) is 5.00. The highest BCUT2D eigenvalue weighted by Crippen LogP contribution is 2.24. The molecule has 154 valence electrons. The number of rotatable bonds is 7. The van der Waals surface area contributed by atoms with Crippen LogP contribution in [0.4, 0.5) is 11.4 Å². The highest BCUT2D eigenvalue weighted by molar-refractivity contribution is 7.89. The molecule has 0 amide bonds. The van der Waals surface area contributed by atoms with E-state index in [1.165, 1.54) is 34.6 Å². The number of anilines is 1. The Bertz CT molecular complexity index is 1020. The van der Waals surface area contributed by atoms with Crippen LogP contribution >= 0.6 is 0 Å². The second-order valence-corrected chi connectivity index (χ2v) is 9.16. The van der Waals surface area contributed by atoms with Crippen LogP contribution in [0.3, 0.4) is 0 Å². The number of hydrogen-bond donors (Lipinski definition) is 1. The maximum Gasteiger partial charge on any atom is 0.271 e. The van der Waals surface area contributed by atoms with Crippen LogP contribution in [-0.2, 0) is 10.0 Å². The molecule has 0 aliphatic carbocycles. The van der Waals surface area contributed by atoms with Gasteiger partial charge < -0.3 is 5.32 Å². The van der Waals surface area contributed by atoms with Crippen LogP contribution < -0.4 is 5.32 Å². The van der Waals surface area contributed by atoms with Gasteiger partial charge in [0, 0.05) is 36.5 Å². The highest BCUT2D eigenvalue weighted by atomic mass is 32.2. The number of carbonyl (C=O) groups is 1. The molecule has 1 unspecified atom stereocenters. The average molecular weight is 417 g/mol. The van der Waals surface area contributed by atoms with Crippen LogP contribution in [0.5, 0.6) is 0 Å². The van der Waals surface area contributed by atoms with Crippen LogP contribution in [0, 0.1) is 16.0 Å². The first-order valence-corrected chi connectivity index (χ1v) is 10.8. The summed E-state index contributed by atoms with van der Waals surface area (Å²) in [5.41, 5.74) is 0.638. The minimum absolute atomic E-state index is 0.0775. The van der Waals surface area contributed by atoms with Crippen molar-refractivity contribution in [1.29, 1.82) is 0 Å². The number of ketones is 1. The zero-order valence-corrected chi connectivity index (χ0v) is 16.9. The predicted molar refractivity (Wildman–Crippen MR) is 110 cm³/mol. The molecule has 8 nitrogen and oxygen atoms in total. The number of sulfonamides is 1. The van der Waals surface area contributed by atoms with Crippen molar-refractivity contribution in [2.24, 2.45) is 5.92 Å². The van der Waals surface area contributed by atoms with Gasteiger partial charge in [0.1, 0.15) is 0 Å². The van der Waals surface area contributed by atoms with Crippen LogP contribution in [0.25, 0.3) is 0 Å². The molecule has 1 aliphatic heterocycles. The first-order chi connectivity index (χ1) is 13.8. The Morgan fingerprint density at radius 3 is 2.72 bits per heavy atom. The van der Waals surface area contributed by atoms with Crippen LogP contribution in [0.15, 0.2) is 53.4 Å². The molecule has 1 aliphatic rings. The molecule has 9 heteroatoms. The van der Waals surface area contributed by atoms with E-state index in [9.17, 15) is 23.3 Å². The summed E-state index contributed by atoms with van der Waals surface area (Å²) in [7, 11) is -3.65. The van der Waals surface area contributed by atoms with Gasteiger partial charge in [-0.3, -0.25) is 14.9 Å². The number of nitrogens with one attached hydrogen (secondary N) is 1. The monoisotopic (exact) mass is 417 g/mol. The van der Waals surface area contributed by atoms with Gasteiger partial charge in [0.25, 0.3) is 5.69 Å². The van der Waals surface area contributed by atoms with Gasteiger partial charge in [0.05, 0.1) is 16.4 Å². The van der Waals surface area contributed by atoms with Crippen molar-refractivity contribution in [3.63, 3.8) is 0 Å². The SMILES string of the molecule is CC1CCCN(S(=O)(=O)c2cccc(C(=O)CNc3cccc([N+](=O)[O-])c3)c2)C1. The van der Waals surface area contributed by atoms with Crippen molar-refractivity contribution in [2.75, 3.05) is 25.0 Å². The minimum Gasteiger partial charge on any atom is -0.377 e. The lowest BCUT2D eigenvalue weighted by Crippen LogP contribution is -2.39. The summed E-state index contributed by atoms with van der Waals surface area (Å²) in [5, 5.41) is 13.7. The second-order valence-electron chi connectivity index (χ2n) is 7.22. The van der Waals surface area contributed by atoms with Crippen molar-refractivity contribution in [3.8, 4) is 0 Å². The minimum atomic E-state index is -3.65. The molecule has 0 saturated carbocycles. The Kier molecular flexibility index (Phi) is 6.29. The first kappa shape index (κ1) is 20.9. The fourth-order valence-electron chi connectivity index (χ4n) is 3.36. The van der Waals surface area contributed by atoms with Crippen molar-refractivity contribution in [3.05, 3.63) is 64.2 Å². The summed E-state index contributed by atoms with van der Waals surface area (Å²) in [4.78, 5) is 23.0. The molecule has 0 spiro atoms. The lowest BCUT2D eigenvalue weighted by molar-refractivity contribution is -0.384. The second kappa shape index (κ2) is 8.71. The summed E-state index contributed by atoms with van der Waals surface area (Å²) < 4.78 is 27.3. The summed E-state index contributed by atoms with van der Waals surface area (Å²) in [5.74, 6) is 0.00281. The van der Waals surface area contributed by atoms with Crippen molar-refractivity contribution < 1.29 is 18.1 Å². The van der Waals surface area contributed by atoms with Crippen molar-refractivity contribution in [2.45, 2.75) is 24.7 Å². The Morgan fingerprint density at radius 2 is 2.00 bits per heavy atom. The number of piperidine rings is 1. The Balaban J connectivity index is 1.72. The van der Waals surface area contributed by atoms with Gasteiger partial charge in [-0.05, 0) is 37.0 Å². The average Bonchev–Trinajstić information content (AvgIpc) is 2.72. The van der Waals surface area contributed by atoms with Gasteiger partial charge in [0.15, 0.2) is 5.78 Å². The molecule has 1 fully saturated rings. The molecule has 0 aromatic heterocycles. The molecule has 3 rings (SSSR count). The Hall–Kier alpha value is -2.78. The number of hydrogen-bond acceptors (Lipinski definition) is 6. The van der Waals surface area contributed by atoms with Gasteiger partial charge in [-0.2, -0.15) is 4.31 Å². The third-order valence-electron chi connectivity index (χ3n) is 4.92. The fraction of sp³-hybridized carbons (Fsp3) is 0.350. The number of nitrogens with zero attached hydrogens (tertiary/aromatic N) is 2.